The largest absolute Gasteiger partial charge is 0.476 e. The fourth-order valence-corrected chi connectivity index (χ4v) is 2.16. The van der Waals surface area contributed by atoms with E-state index in [1.807, 2.05) is 0 Å². The topological polar surface area (TPSA) is 106 Å². The molecule has 0 saturated carbocycles. The number of rotatable bonds is 5. The van der Waals surface area contributed by atoms with Gasteiger partial charge in [0, 0.05) is 5.39 Å². The quantitative estimate of drug-likeness (QED) is 0.525. The lowest BCUT2D eigenvalue weighted by molar-refractivity contribution is 0.0173. The smallest absolute Gasteiger partial charge is 0.357 e. The Morgan fingerprint density at radius 2 is 2.16 bits per heavy atom. The predicted molar refractivity (Wildman–Crippen MR) is 72.5 cm³/mol. The van der Waals surface area contributed by atoms with Crippen LogP contribution in [0.3, 0.4) is 0 Å². The Bertz CT molecular complexity index is 598. The van der Waals surface area contributed by atoms with Gasteiger partial charge in [0.25, 0.3) is 0 Å². The number of aromatic nitrogens is 2. The molecule has 1 heterocycles. The molecule has 19 heavy (non-hydrogen) atoms. The molecule has 1 aromatic heterocycles. The minimum Gasteiger partial charge on any atom is -0.476 e. The van der Waals surface area contributed by atoms with E-state index in [0.29, 0.717) is 28.6 Å². The van der Waals surface area contributed by atoms with Crippen molar-refractivity contribution in [1.29, 1.82) is 0 Å². The molecular formula is C12H14N2O4S. The molecule has 0 aliphatic carbocycles. The first-order chi connectivity index (χ1) is 9.04. The second-order valence-corrected chi connectivity index (χ2v) is 4.65. The van der Waals surface area contributed by atoms with Gasteiger partial charge in [0.1, 0.15) is 6.10 Å². The van der Waals surface area contributed by atoms with E-state index in [1.54, 1.807) is 12.1 Å². The maximum absolute atomic E-state index is 11.0. The summed E-state index contributed by atoms with van der Waals surface area (Å²) >= 11 is 4.00. The van der Waals surface area contributed by atoms with Gasteiger partial charge >= 0.3 is 5.97 Å². The van der Waals surface area contributed by atoms with E-state index in [9.17, 15) is 15.0 Å². The van der Waals surface area contributed by atoms with Crippen LogP contribution in [0.5, 0.6) is 0 Å². The lowest BCUT2D eigenvalue weighted by atomic mass is 10.0. The van der Waals surface area contributed by atoms with Crippen LogP contribution >= 0.6 is 12.6 Å². The number of H-pyrrole nitrogens is 1. The lowest BCUT2D eigenvalue weighted by Gasteiger charge is -2.17. The number of thiol groups is 1. The number of carboxylic acids is 1. The fourth-order valence-electron chi connectivity index (χ4n) is 1.89. The molecule has 6 nitrogen and oxygen atoms in total. The van der Waals surface area contributed by atoms with Crippen molar-refractivity contribution in [1.82, 2.24) is 10.2 Å². The Balaban J connectivity index is 2.39. The Morgan fingerprint density at radius 3 is 2.79 bits per heavy atom. The van der Waals surface area contributed by atoms with Gasteiger partial charge in [0.2, 0.25) is 0 Å². The van der Waals surface area contributed by atoms with Crippen molar-refractivity contribution in [2.45, 2.75) is 18.6 Å². The molecule has 0 fully saturated rings. The number of fused-ring (bicyclic) bond motifs is 1. The normalized spacial score (nSPS) is 14.5. The molecule has 2 unspecified atom stereocenters. The first kappa shape index (κ1) is 13.9. The van der Waals surface area contributed by atoms with Gasteiger partial charge in [0.15, 0.2) is 5.69 Å². The molecule has 2 atom stereocenters. The van der Waals surface area contributed by atoms with Crippen LogP contribution < -0.4 is 0 Å². The number of hydrogen-bond donors (Lipinski definition) is 5. The number of carbonyl (C=O) groups is 1. The molecule has 102 valence electrons. The zero-order valence-electron chi connectivity index (χ0n) is 9.95. The number of aromatic amines is 1. The van der Waals surface area contributed by atoms with E-state index in [-0.39, 0.29) is 5.69 Å². The average Bonchev–Trinajstić information content (AvgIpc) is 2.80. The molecular weight excluding hydrogens is 268 g/mol. The number of benzene rings is 1. The number of nitrogens with zero attached hydrogens (tertiary/aromatic N) is 1. The zero-order chi connectivity index (χ0) is 14.0. The highest BCUT2D eigenvalue weighted by Crippen LogP contribution is 2.24. The van der Waals surface area contributed by atoms with Crippen LogP contribution in [0.25, 0.3) is 10.9 Å². The van der Waals surface area contributed by atoms with Crippen LogP contribution in [0.1, 0.15) is 28.6 Å². The molecule has 0 aliphatic rings. The van der Waals surface area contributed by atoms with Crippen molar-refractivity contribution in [3.05, 3.63) is 29.5 Å². The summed E-state index contributed by atoms with van der Waals surface area (Å²) in [5.41, 5.74) is 0.912. The maximum Gasteiger partial charge on any atom is 0.357 e. The second kappa shape index (κ2) is 5.60. The molecule has 2 aromatic rings. The SMILES string of the molecule is O=C(O)c1n[nH]c2ccc(C(O)C(O)CCS)cc12. The standard InChI is InChI=1S/C12H14N2O4S/c15-9(3-4-19)11(16)6-1-2-8-7(5-6)10(12(17)18)14-13-8/h1-2,5,9,11,15-16,19H,3-4H2,(H,13,14)(H,17,18). The van der Waals surface area contributed by atoms with Gasteiger partial charge in [-0.3, -0.25) is 5.10 Å². The number of aliphatic hydroxyl groups excluding tert-OH is 2. The summed E-state index contributed by atoms with van der Waals surface area (Å²) < 4.78 is 0. The van der Waals surface area contributed by atoms with E-state index >= 15 is 0 Å². The Morgan fingerprint density at radius 1 is 1.42 bits per heavy atom. The molecule has 0 saturated heterocycles. The van der Waals surface area contributed by atoms with Crippen LogP contribution in [0.15, 0.2) is 18.2 Å². The molecule has 0 radical (unpaired) electrons. The van der Waals surface area contributed by atoms with Crippen LogP contribution in [-0.2, 0) is 0 Å². The molecule has 2 rings (SSSR count). The molecule has 7 heteroatoms. The Hall–Kier alpha value is -1.57. The third kappa shape index (κ3) is 2.73. The summed E-state index contributed by atoms with van der Waals surface area (Å²) in [5, 5.41) is 35.4. The first-order valence-corrected chi connectivity index (χ1v) is 6.36. The summed E-state index contributed by atoms with van der Waals surface area (Å²) in [5.74, 6) is -0.694. The van der Waals surface area contributed by atoms with Gasteiger partial charge in [-0.15, -0.1) is 0 Å². The highest BCUT2D eigenvalue weighted by atomic mass is 32.1. The zero-order valence-corrected chi connectivity index (χ0v) is 10.8. The van der Waals surface area contributed by atoms with E-state index in [4.69, 9.17) is 5.11 Å². The number of aliphatic hydroxyl groups is 2. The number of carboxylic acid groups (broad SMARTS) is 1. The number of hydrogen-bond acceptors (Lipinski definition) is 5. The highest BCUT2D eigenvalue weighted by Gasteiger charge is 2.20. The van der Waals surface area contributed by atoms with Gasteiger partial charge in [-0.25, -0.2) is 4.79 Å². The van der Waals surface area contributed by atoms with Gasteiger partial charge < -0.3 is 15.3 Å². The number of nitrogens with one attached hydrogen (secondary N) is 1. The summed E-state index contributed by atoms with van der Waals surface area (Å²) in [6.07, 6.45) is -1.66. The van der Waals surface area contributed by atoms with E-state index in [2.05, 4.69) is 22.8 Å². The number of aromatic carboxylic acids is 1. The average molecular weight is 282 g/mol. The summed E-state index contributed by atoms with van der Waals surface area (Å²) in [4.78, 5) is 11.0. The summed E-state index contributed by atoms with van der Waals surface area (Å²) in [7, 11) is 0. The minimum absolute atomic E-state index is 0.104. The van der Waals surface area contributed by atoms with Crippen LogP contribution in [0.4, 0.5) is 0 Å². The third-order valence-corrected chi connectivity index (χ3v) is 3.18. The second-order valence-electron chi connectivity index (χ2n) is 4.21. The van der Waals surface area contributed by atoms with E-state index in [0.717, 1.165) is 0 Å². The van der Waals surface area contributed by atoms with Crippen molar-refractivity contribution in [3.8, 4) is 0 Å². The van der Waals surface area contributed by atoms with Crippen molar-refractivity contribution < 1.29 is 20.1 Å². The fraction of sp³-hybridized carbons (Fsp3) is 0.333. The van der Waals surface area contributed by atoms with Crippen LogP contribution in [0.2, 0.25) is 0 Å². The Kier molecular flexibility index (Phi) is 4.08. The van der Waals surface area contributed by atoms with Gasteiger partial charge in [0.05, 0.1) is 11.6 Å². The molecule has 4 N–H and O–H groups in total. The van der Waals surface area contributed by atoms with Crippen molar-refractivity contribution in [2.24, 2.45) is 0 Å². The first-order valence-electron chi connectivity index (χ1n) is 5.73. The molecule has 0 aliphatic heterocycles. The summed E-state index contributed by atoms with van der Waals surface area (Å²) in [6.45, 7) is 0. The molecule has 1 aromatic carbocycles. The molecule has 0 amide bonds. The van der Waals surface area contributed by atoms with Crippen LogP contribution in [-0.4, -0.2) is 43.3 Å². The molecule has 0 spiro atoms. The minimum atomic E-state index is -1.14. The predicted octanol–water partition coefficient (Wildman–Crippen LogP) is 0.975. The Labute approximate surface area is 114 Å². The monoisotopic (exact) mass is 282 g/mol. The van der Waals surface area contributed by atoms with Crippen LogP contribution in [0, 0.1) is 0 Å². The summed E-state index contributed by atoms with van der Waals surface area (Å²) in [6, 6.07) is 4.77. The van der Waals surface area contributed by atoms with Gasteiger partial charge in [-0.2, -0.15) is 17.7 Å². The maximum atomic E-state index is 11.0. The van der Waals surface area contributed by atoms with E-state index in [1.165, 1.54) is 6.07 Å². The van der Waals surface area contributed by atoms with Gasteiger partial charge in [-0.05, 0) is 29.9 Å². The van der Waals surface area contributed by atoms with Gasteiger partial charge in [-0.1, -0.05) is 6.07 Å². The van der Waals surface area contributed by atoms with Crippen molar-refractivity contribution in [2.75, 3.05) is 5.75 Å². The lowest BCUT2D eigenvalue weighted by Crippen LogP contribution is -2.18. The molecule has 0 bridgehead atoms. The third-order valence-electron chi connectivity index (χ3n) is 2.92. The highest BCUT2D eigenvalue weighted by molar-refractivity contribution is 7.80. The van der Waals surface area contributed by atoms with E-state index < -0.39 is 18.2 Å². The van der Waals surface area contributed by atoms with Crippen molar-refractivity contribution in [3.63, 3.8) is 0 Å². The van der Waals surface area contributed by atoms with Crippen molar-refractivity contribution >= 4 is 29.5 Å².